The van der Waals surface area contributed by atoms with Crippen molar-refractivity contribution in [2.75, 3.05) is 13.1 Å². The van der Waals surface area contributed by atoms with Gasteiger partial charge in [0.2, 0.25) is 0 Å². The third-order valence-corrected chi connectivity index (χ3v) is 5.78. The van der Waals surface area contributed by atoms with Gasteiger partial charge in [-0.15, -0.1) is 0 Å². The summed E-state index contributed by atoms with van der Waals surface area (Å²) in [5, 5.41) is 1.11. The van der Waals surface area contributed by atoms with Gasteiger partial charge in [0.25, 0.3) is 0 Å². The van der Waals surface area contributed by atoms with Crippen LogP contribution in [0.25, 0.3) is 10.9 Å². The zero-order valence-corrected chi connectivity index (χ0v) is 16.5. The minimum Gasteiger partial charge on any atom is -0.345 e. The number of likely N-dealkylation sites (tertiary alicyclic amines) is 1. The number of aromatic nitrogens is 1. The van der Waals surface area contributed by atoms with Crippen molar-refractivity contribution in [1.82, 2.24) is 9.47 Å². The van der Waals surface area contributed by atoms with Gasteiger partial charge < -0.3 is 4.57 Å². The first-order valence-electron chi connectivity index (χ1n) is 10.8. The number of benzene rings is 1. The molecule has 2 heterocycles. The second kappa shape index (κ2) is 10.1. The number of unbranched alkanes of at least 4 members (excludes halogenated alkanes) is 5. The van der Waals surface area contributed by atoms with Crippen molar-refractivity contribution in [3.63, 3.8) is 0 Å². The average Bonchev–Trinajstić information content (AvgIpc) is 2.81. The van der Waals surface area contributed by atoms with Gasteiger partial charge in [-0.3, -0.25) is 4.90 Å². The molecule has 1 saturated heterocycles. The second-order valence-electron chi connectivity index (χ2n) is 7.94. The van der Waals surface area contributed by atoms with E-state index in [1.54, 1.807) is 6.07 Å². The third-order valence-electron chi connectivity index (χ3n) is 5.78. The van der Waals surface area contributed by atoms with Gasteiger partial charge in [-0.1, -0.05) is 64.0 Å². The van der Waals surface area contributed by atoms with Crippen molar-refractivity contribution in [3.8, 4) is 0 Å². The molecule has 1 aromatic heterocycles. The topological polar surface area (TPSA) is 8.17 Å². The Labute approximate surface area is 158 Å². The Balaban J connectivity index is 1.69. The summed E-state index contributed by atoms with van der Waals surface area (Å²) in [6.45, 7) is 6.51. The summed E-state index contributed by atoms with van der Waals surface area (Å²) >= 11 is 0. The van der Waals surface area contributed by atoms with Crippen LogP contribution in [0.5, 0.6) is 0 Å². The van der Waals surface area contributed by atoms with Gasteiger partial charge in [-0.2, -0.15) is 0 Å². The van der Waals surface area contributed by atoms with Crippen LogP contribution in [0.2, 0.25) is 0 Å². The fourth-order valence-electron chi connectivity index (χ4n) is 4.29. The molecule has 1 fully saturated rings. The molecule has 2 nitrogen and oxygen atoms in total. The van der Waals surface area contributed by atoms with Crippen LogP contribution < -0.4 is 0 Å². The van der Waals surface area contributed by atoms with E-state index in [-0.39, 0.29) is 5.82 Å². The van der Waals surface area contributed by atoms with Gasteiger partial charge in [0.05, 0.1) is 5.52 Å². The highest BCUT2D eigenvalue weighted by molar-refractivity contribution is 5.84. The van der Waals surface area contributed by atoms with Gasteiger partial charge in [0, 0.05) is 24.7 Å². The predicted molar refractivity (Wildman–Crippen MR) is 109 cm³/mol. The van der Waals surface area contributed by atoms with E-state index in [2.05, 4.69) is 28.7 Å². The standard InChI is InChI=1S/C23H35FN2/c1-2-3-4-5-6-11-17-26-19-20(18-25-15-9-7-8-10-16-25)21-13-12-14-22(24)23(21)26/h12-14,19H,2-11,15-18H2,1H3. The fraction of sp³-hybridized carbons (Fsp3) is 0.652. The van der Waals surface area contributed by atoms with Crippen LogP contribution in [0.1, 0.15) is 76.7 Å². The molecule has 0 spiro atoms. The lowest BCUT2D eigenvalue weighted by molar-refractivity contribution is 0.277. The van der Waals surface area contributed by atoms with Crippen LogP contribution in [0.15, 0.2) is 24.4 Å². The Morgan fingerprint density at radius 3 is 2.42 bits per heavy atom. The molecule has 2 aromatic rings. The number of hydrogen-bond donors (Lipinski definition) is 0. The monoisotopic (exact) mass is 358 g/mol. The van der Waals surface area contributed by atoms with Crippen molar-refractivity contribution in [1.29, 1.82) is 0 Å². The minimum absolute atomic E-state index is 0.0735. The zero-order chi connectivity index (χ0) is 18.2. The van der Waals surface area contributed by atoms with Gasteiger partial charge in [0.15, 0.2) is 0 Å². The van der Waals surface area contributed by atoms with Crippen LogP contribution in [0.4, 0.5) is 4.39 Å². The van der Waals surface area contributed by atoms with Gasteiger partial charge >= 0.3 is 0 Å². The molecule has 0 radical (unpaired) electrons. The maximum atomic E-state index is 14.5. The molecule has 0 atom stereocenters. The van der Waals surface area contributed by atoms with Gasteiger partial charge in [-0.25, -0.2) is 4.39 Å². The average molecular weight is 359 g/mol. The number of nitrogens with zero attached hydrogens (tertiary/aromatic N) is 2. The maximum Gasteiger partial charge on any atom is 0.147 e. The largest absolute Gasteiger partial charge is 0.345 e. The molecular formula is C23H35FN2. The Hall–Kier alpha value is -1.35. The van der Waals surface area contributed by atoms with Crippen LogP contribution in [-0.2, 0) is 13.1 Å². The lowest BCUT2D eigenvalue weighted by atomic mass is 10.1. The van der Waals surface area contributed by atoms with E-state index < -0.39 is 0 Å². The summed E-state index contributed by atoms with van der Waals surface area (Å²) in [4.78, 5) is 2.56. The summed E-state index contributed by atoms with van der Waals surface area (Å²) < 4.78 is 16.7. The first-order chi connectivity index (χ1) is 12.8. The number of aryl methyl sites for hydroxylation is 1. The lowest BCUT2D eigenvalue weighted by Crippen LogP contribution is -2.23. The molecule has 0 saturated carbocycles. The molecule has 0 bridgehead atoms. The molecule has 0 unspecified atom stereocenters. The van der Waals surface area contributed by atoms with Gasteiger partial charge in [-0.05, 0) is 44.0 Å². The van der Waals surface area contributed by atoms with E-state index in [0.29, 0.717) is 0 Å². The quantitative estimate of drug-likeness (QED) is 0.463. The molecule has 0 amide bonds. The number of fused-ring (bicyclic) bond motifs is 1. The van der Waals surface area contributed by atoms with Crippen molar-refractivity contribution >= 4 is 10.9 Å². The van der Waals surface area contributed by atoms with Crippen LogP contribution >= 0.6 is 0 Å². The summed E-state index contributed by atoms with van der Waals surface area (Å²) in [6.07, 6.45) is 15.2. The maximum absolute atomic E-state index is 14.5. The molecule has 3 heteroatoms. The van der Waals surface area contributed by atoms with E-state index in [1.165, 1.54) is 76.4 Å². The molecule has 0 N–H and O–H groups in total. The predicted octanol–water partition coefficient (Wildman–Crippen LogP) is 6.52. The highest BCUT2D eigenvalue weighted by atomic mass is 19.1. The van der Waals surface area contributed by atoms with Crippen LogP contribution in [0.3, 0.4) is 0 Å². The van der Waals surface area contributed by atoms with E-state index >= 15 is 0 Å². The summed E-state index contributed by atoms with van der Waals surface area (Å²) in [5.74, 6) is -0.0735. The van der Waals surface area contributed by atoms with Crippen molar-refractivity contribution in [2.24, 2.45) is 0 Å². The first kappa shape index (κ1) is 19.4. The molecule has 26 heavy (non-hydrogen) atoms. The smallest absolute Gasteiger partial charge is 0.147 e. The van der Waals surface area contributed by atoms with Crippen molar-refractivity contribution in [3.05, 3.63) is 35.8 Å². The molecule has 0 aliphatic carbocycles. The molecule has 144 valence electrons. The first-order valence-corrected chi connectivity index (χ1v) is 10.8. The Morgan fingerprint density at radius 1 is 0.923 bits per heavy atom. The van der Waals surface area contributed by atoms with Crippen molar-refractivity contribution in [2.45, 2.75) is 84.2 Å². The van der Waals surface area contributed by atoms with E-state index in [4.69, 9.17) is 0 Å². The molecule has 1 aromatic carbocycles. The van der Waals surface area contributed by atoms with Gasteiger partial charge in [0.1, 0.15) is 5.82 Å². The minimum atomic E-state index is -0.0735. The summed E-state index contributed by atoms with van der Waals surface area (Å²) in [6, 6.07) is 5.57. The SMILES string of the molecule is CCCCCCCCn1cc(CN2CCCCCC2)c2cccc(F)c21. The Bertz CT molecular complexity index is 668. The Kier molecular flexibility index (Phi) is 7.55. The third kappa shape index (κ3) is 5.09. The van der Waals surface area contributed by atoms with Crippen LogP contribution in [-0.4, -0.2) is 22.6 Å². The number of halogens is 1. The van der Waals surface area contributed by atoms with E-state index in [0.717, 1.165) is 30.4 Å². The van der Waals surface area contributed by atoms with Crippen molar-refractivity contribution < 1.29 is 4.39 Å². The normalized spacial score (nSPS) is 16.2. The molecule has 1 aliphatic heterocycles. The fourth-order valence-corrected chi connectivity index (χ4v) is 4.29. The number of para-hydroxylation sites is 1. The number of hydrogen-bond acceptors (Lipinski definition) is 1. The lowest BCUT2D eigenvalue weighted by Gasteiger charge is -2.19. The van der Waals surface area contributed by atoms with E-state index in [1.807, 2.05) is 6.07 Å². The summed E-state index contributed by atoms with van der Waals surface area (Å²) in [5.41, 5.74) is 2.11. The zero-order valence-electron chi connectivity index (χ0n) is 16.5. The highest BCUT2D eigenvalue weighted by Gasteiger charge is 2.16. The number of rotatable bonds is 9. The molecular weight excluding hydrogens is 323 g/mol. The summed E-state index contributed by atoms with van der Waals surface area (Å²) in [7, 11) is 0. The molecule has 1 aliphatic rings. The van der Waals surface area contributed by atoms with Crippen LogP contribution in [0, 0.1) is 5.82 Å². The molecule has 3 rings (SSSR count). The van der Waals surface area contributed by atoms with E-state index in [9.17, 15) is 4.39 Å². The second-order valence-corrected chi connectivity index (χ2v) is 7.94. The highest BCUT2D eigenvalue weighted by Crippen LogP contribution is 2.26. The Morgan fingerprint density at radius 2 is 1.65 bits per heavy atom.